The molecule has 13 heavy (non-hydrogen) atoms. The van der Waals surface area contributed by atoms with Crippen LogP contribution in [0, 0.1) is 0 Å². The van der Waals surface area contributed by atoms with Crippen LogP contribution in [0.4, 0.5) is 5.82 Å². The van der Waals surface area contributed by atoms with Gasteiger partial charge in [0.1, 0.15) is 0 Å². The lowest BCUT2D eigenvalue weighted by Gasteiger charge is -2.11. The van der Waals surface area contributed by atoms with Gasteiger partial charge in [-0.05, 0) is 30.0 Å². The second kappa shape index (κ2) is 4.59. The summed E-state index contributed by atoms with van der Waals surface area (Å²) in [4.78, 5) is 2.09. The highest BCUT2D eigenvalue weighted by Crippen LogP contribution is 2.19. The molecule has 3 N–H and O–H groups in total. The monoisotopic (exact) mass is 247 g/mol. The third kappa shape index (κ3) is 2.68. The minimum absolute atomic E-state index is 0.807. The van der Waals surface area contributed by atoms with Crippen molar-refractivity contribution in [3.8, 4) is 0 Å². The number of aromatic nitrogens is 2. The molecule has 1 rings (SSSR count). The van der Waals surface area contributed by atoms with Crippen LogP contribution in [0.15, 0.2) is 10.7 Å². The molecule has 0 radical (unpaired) electrons. The minimum Gasteiger partial charge on any atom is -0.308 e. The number of nitrogen functional groups attached to an aromatic ring is 1. The molecule has 1 heterocycles. The van der Waals surface area contributed by atoms with E-state index in [-0.39, 0.29) is 0 Å². The number of likely N-dealkylation sites (N-methyl/N-ethyl adjacent to an activating group) is 1. The zero-order chi connectivity index (χ0) is 9.84. The van der Waals surface area contributed by atoms with Crippen molar-refractivity contribution in [2.45, 2.75) is 6.54 Å². The molecule has 0 aliphatic rings. The number of hydrogen-bond acceptors (Lipinski definition) is 4. The average Bonchev–Trinajstić information content (AvgIpc) is 2.42. The minimum atomic E-state index is 0.807. The molecule has 0 aliphatic carbocycles. The van der Waals surface area contributed by atoms with Crippen LogP contribution in [0.2, 0.25) is 0 Å². The summed E-state index contributed by atoms with van der Waals surface area (Å²) in [7, 11) is 4.04. The molecule has 0 spiro atoms. The van der Waals surface area contributed by atoms with Gasteiger partial charge in [0.25, 0.3) is 0 Å². The van der Waals surface area contributed by atoms with Gasteiger partial charge in [-0.15, -0.1) is 0 Å². The van der Waals surface area contributed by atoms with Gasteiger partial charge < -0.3 is 10.3 Å². The first kappa shape index (κ1) is 10.5. The fraction of sp³-hybridized carbons (Fsp3) is 0.571. The van der Waals surface area contributed by atoms with Gasteiger partial charge in [-0.25, -0.2) is 10.5 Å². The summed E-state index contributed by atoms with van der Waals surface area (Å²) in [5.74, 6) is 6.16. The number of hydrazine groups is 1. The molecule has 0 fully saturated rings. The molecule has 0 saturated heterocycles. The molecule has 1 aromatic heterocycles. The third-order valence-electron chi connectivity index (χ3n) is 1.69. The van der Waals surface area contributed by atoms with E-state index in [1.165, 1.54) is 0 Å². The van der Waals surface area contributed by atoms with E-state index in [1.807, 2.05) is 18.8 Å². The van der Waals surface area contributed by atoms with Gasteiger partial charge in [0, 0.05) is 6.54 Å². The third-order valence-corrected chi connectivity index (χ3v) is 2.27. The van der Waals surface area contributed by atoms with Crippen molar-refractivity contribution in [1.82, 2.24) is 14.7 Å². The zero-order valence-electron chi connectivity index (χ0n) is 7.79. The second-order valence-corrected chi connectivity index (χ2v) is 3.87. The maximum atomic E-state index is 5.35. The van der Waals surface area contributed by atoms with Crippen molar-refractivity contribution in [3.05, 3.63) is 10.7 Å². The normalized spacial score (nSPS) is 10.8. The first-order valence-electron chi connectivity index (χ1n) is 3.98. The zero-order valence-corrected chi connectivity index (χ0v) is 9.37. The largest absolute Gasteiger partial charge is 0.308 e. The van der Waals surface area contributed by atoms with E-state index in [0.29, 0.717) is 0 Å². The Morgan fingerprint density at radius 3 is 2.92 bits per heavy atom. The maximum Gasteiger partial charge on any atom is 0.152 e. The van der Waals surface area contributed by atoms with Gasteiger partial charge in [-0.2, -0.15) is 5.10 Å². The van der Waals surface area contributed by atoms with Crippen molar-refractivity contribution >= 4 is 21.7 Å². The average molecular weight is 248 g/mol. The topological polar surface area (TPSA) is 59.1 Å². The van der Waals surface area contributed by atoms with E-state index < -0.39 is 0 Å². The van der Waals surface area contributed by atoms with Crippen LogP contribution in [0.5, 0.6) is 0 Å². The molecule has 0 atom stereocenters. The Kier molecular flexibility index (Phi) is 3.71. The number of halogens is 1. The number of nitrogens with zero attached hydrogens (tertiary/aromatic N) is 3. The number of nitrogens with one attached hydrogen (secondary N) is 1. The molecule has 74 valence electrons. The Morgan fingerprint density at radius 2 is 2.38 bits per heavy atom. The van der Waals surface area contributed by atoms with Gasteiger partial charge in [0.15, 0.2) is 5.82 Å². The molecule has 0 aliphatic heterocycles. The van der Waals surface area contributed by atoms with Crippen molar-refractivity contribution in [2.75, 3.05) is 26.1 Å². The fourth-order valence-corrected chi connectivity index (χ4v) is 1.38. The van der Waals surface area contributed by atoms with Crippen LogP contribution in [0.3, 0.4) is 0 Å². The Labute approximate surface area is 86.0 Å². The molecule has 0 aromatic carbocycles. The van der Waals surface area contributed by atoms with E-state index in [9.17, 15) is 0 Å². The molecular formula is C7H14BrN5. The van der Waals surface area contributed by atoms with E-state index in [4.69, 9.17) is 5.84 Å². The maximum absolute atomic E-state index is 5.35. The van der Waals surface area contributed by atoms with Gasteiger partial charge in [-0.3, -0.25) is 0 Å². The van der Waals surface area contributed by atoms with Crippen LogP contribution < -0.4 is 11.3 Å². The van der Waals surface area contributed by atoms with Gasteiger partial charge in [0.05, 0.1) is 17.2 Å². The van der Waals surface area contributed by atoms with Crippen molar-refractivity contribution in [1.29, 1.82) is 0 Å². The second-order valence-electron chi connectivity index (χ2n) is 3.01. The Bertz CT molecular complexity index is 270. The van der Waals surface area contributed by atoms with Crippen LogP contribution in [-0.2, 0) is 6.54 Å². The summed E-state index contributed by atoms with van der Waals surface area (Å²) in [6.45, 7) is 1.75. The molecule has 6 heteroatoms. The van der Waals surface area contributed by atoms with Gasteiger partial charge in [0.2, 0.25) is 0 Å². The predicted molar refractivity (Wildman–Crippen MR) is 56.3 cm³/mol. The Morgan fingerprint density at radius 1 is 1.69 bits per heavy atom. The summed E-state index contributed by atoms with van der Waals surface area (Å²) in [5, 5.41) is 4.16. The molecule has 5 nitrogen and oxygen atoms in total. The quantitative estimate of drug-likeness (QED) is 0.601. The molecular weight excluding hydrogens is 234 g/mol. The summed E-state index contributed by atoms with van der Waals surface area (Å²) < 4.78 is 2.71. The summed E-state index contributed by atoms with van der Waals surface area (Å²) in [5.41, 5.74) is 2.60. The van der Waals surface area contributed by atoms with Crippen LogP contribution in [-0.4, -0.2) is 35.3 Å². The molecule has 0 bridgehead atoms. The first-order chi connectivity index (χ1) is 6.15. The van der Waals surface area contributed by atoms with E-state index in [1.54, 1.807) is 6.20 Å². The van der Waals surface area contributed by atoms with Crippen molar-refractivity contribution in [2.24, 2.45) is 5.84 Å². The smallest absolute Gasteiger partial charge is 0.152 e. The standard InChI is InChI=1S/C7H14BrN5/c1-12(2)3-4-13-7(11-9)6(8)5-10-13/h5,11H,3-4,9H2,1-2H3. The number of rotatable bonds is 4. The molecule has 0 amide bonds. The highest BCUT2D eigenvalue weighted by Gasteiger charge is 2.06. The van der Waals surface area contributed by atoms with Crippen LogP contribution >= 0.6 is 15.9 Å². The lowest BCUT2D eigenvalue weighted by Crippen LogP contribution is -2.21. The highest BCUT2D eigenvalue weighted by molar-refractivity contribution is 9.10. The number of nitrogens with two attached hydrogens (primary N) is 1. The van der Waals surface area contributed by atoms with E-state index in [0.717, 1.165) is 23.4 Å². The van der Waals surface area contributed by atoms with Crippen LogP contribution in [0.25, 0.3) is 0 Å². The fourth-order valence-electron chi connectivity index (χ4n) is 0.970. The molecule has 0 unspecified atom stereocenters. The summed E-state index contributed by atoms with van der Waals surface area (Å²) in [6, 6.07) is 0. The lowest BCUT2D eigenvalue weighted by atomic mass is 10.5. The Hall–Kier alpha value is -0.590. The molecule has 1 aromatic rings. The van der Waals surface area contributed by atoms with E-state index >= 15 is 0 Å². The Balaban J connectivity index is 2.65. The number of hydrogen-bond donors (Lipinski definition) is 2. The lowest BCUT2D eigenvalue weighted by molar-refractivity contribution is 0.374. The van der Waals surface area contributed by atoms with Gasteiger partial charge in [-0.1, -0.05) is 0 Å². The van der Waals surface area contributed by atoms with Crippen molar-refractivity contribution < 1.29 is 0 Å². The predicted octanol–water partition coefficient (Wildman–Crippen LogP) is 0.493. The van der Waals surface area contributed by atoms with Crippen LogP contribution in [0.1, 0.15) is 0 Å². The summed E-state index contributed by atoms with van der Waals surface area (Å²) >= 11 is 3.34. The SMILES string of the molecule is CN(C)CCn1ncc(Br)c1NN. The van der Waals surface area contributed by atoms with Crippen molar-refractivity contribution in [3.63, 3.8) is 0 Å². The number of anilines is 1. The van der Waals surface area contributed by atoms with E-state index in [2.05, 4.69) is 31.4 Å². The molecule has 0 saturated carbocycles. The first-order valence-corrected chi connectivity index (χ1v) is 4.77. The highest BCUT2D eigenvalue weighted by atomic mass is 79.9. The summed E-state index contributed by atoms with van der Waals surface area (Å²) in [6.07, 6.45) is 1.73. The van der Waals surface area contributed by atoms with Gasteiger partial charge >= 0.3 is 0 Å².